The van der Waals surface area contributed by atoms with Crippen molar-refractivity contribution in [2.24, 2.45) is 5.92 Å². The van der Waals surface area contributed by atoms with Crippen molar-refractivity contribution in [3.05, 3.63) is 29.8 Å². The minimum absolute atomic E-state index is 0.316. The Morgan fingerprint density at radius 2 is 1.84 bits per heavy atom. The molecule has 1 saturated carbocycles. The van der Waals surface area contributed by atoms with Gasteiger partial charge in [0.25, 0.3) is 0 Å². The van der Waals surface area contributed by atoms with Gasteiger partial charge < -0.3 is 5.32 Å². The summed E-state index contributed by atoms with van der Waals surface area (Å²) in [5.41, 5.74) is 1.01. The topological polar surface area (TPSA) is 46.2 Å². The highest BCUT2D eigenvalue weighted by atomic mass is 32.2. The SMILES string of the molecule is CNC1CC(c2ccc(S(=O)(=O)C(F)F)cc2)C1C. The van der Waals surface area contributed by atoms with Crippen LogP contribution in [0.2, 0.25) is 0 Å². The Balaban J connectivity index is 2.17. The molecule has 0 aromatic heterocycles. The van der Waals surface area contributed by atoms with Crippen molar-refractivity contribution in [3.8, 4) is 0 Å². The van der Waals surface area contributed by atoms with Crippen molar-refractivity contribution in [2.75, 3.05) is 7.05 Å². The van der Waals surface area contributed by atoms with Gasteiger partial charge in [0.05, 0.1) is 4.90 Å². The molecule has 0 saturated heterocycles. The van der Waals surface area contributed by atoms with Crippen molar-refractivity contribution in [3.63, 3.8) is 0 Å². The van der Waals surface area contributed by atoms with E-state index in [4.69, 9.17) is 0 Å². The summed E-state index contributed by atoms with van der Waals surface area (Å²) >= 11 is 0. The highest BCUT2D eigenvalue weighted by Crippen LogP contribution is 2.42. The van der Waals surface area contributed by atoms with Crippen LogP contribution in [0.4, 0.5) is 8.78 Å². The van der Waals surface area contributed by atoms with Gasteiger partial charge >= 0.3 is 5.76 Å². The maximum absolute atomic E-state index is 12.4. The van der Waals surface area contributed by atoms with Crippen LogP contribution in [-0.4, -0.2) is 27.3 Å². The van der Waals surface area contributed by atoms with Crippen molar-refractivity contribution >= 4 is 9.84 Å². The summed E-state index contributed by atoms with van der Waals surface area (Å²) in [6.07, 6.45) is 0.985. The van der Waals surface area contributed by atoms with Gasteiger partial charge in [-0.3, -0.25) is 0 Å². The smallest absolute Gasteiger partial charge is 0.317 e. The summed E-state index contributed by atoms with van der Waals surface area (Å²) in [7, 11) is -2.57. The van der Waals surface area contributed by atoms with E-state index in [9.17, 15) is 17.2 Å². The van der Waals surface area contributed by atoms with Crippen LogP contribution in [-0.2, 0) is 9.84 Å². The molecule has 19 heavy (non-hydrogen) atoms. The molecule has 3 unspecified atom stereocenters. The predicted molar refractivity (Wildman–Crippen MR) is 69.0 cm³/mol. The Kier molecular flexibility index (Phi) is 3.92. The Morgan fingerprint density at radius 1 is 1.26 bits per heavy atom. The van der Waals surface area contributed by atoms with E-state index in [0.29, 0.717) is 17.9 Å². The van der Waals surface area contributed by atoms with Gasteiger partial charge in [-0.25, -0.2) is 8.42 Å². The molecular formula is C13H17F2NO2S. The molecular weight excluding hydrogens is 272 g/mol. The summed E-state index contributed by atoms with van der Waals surface area (Å²) in [4.78, 5) is -0.316. The van der Waals surface area contributed by atoms with Gasteiger partial charge in [0, 0.05) is 6.04 Å². The van der Waals surface area contributed by atoms with E-state index in [1.54, 1.807) is 12.1 Å². The molecule has 0 aliphatic heterocycles. The Morgan fingerprint density at radius 3 is 2.26 bits per heavy atom. The van der Waals surface area contributed by atoms with E-state index >= 15 is 0 Å². The average molecular weight is 289 g/mol. The fourth-order valence-corrected chi connectivity index (χ4v) is 3.34. The predicted octanol–water partition coefficient (Wildman–Crippen LogP) is 2.39. The minimum atomic E-state index is -4.48. The van der Waals surface area contributed by atoms with Crippen LogP contribution in [0.25, 0.3) is 0 Å². The van der Waals surface area contributed by atoms with Gasteiger partial charge in [0.2, 0.25) is 9.84 Å². The van der Waals surface area contributed by atoms with E-state index < -0.39 is 15.6 Å². The lowest BCUT2D eigenvalue weighted by Crippen LogP contribution is -2.46. The molecule has 2 rings (SSSR count). The van der Waals surface area contributed by atoms with Crippen molar-refractivity contribution in [1.29, 1.82) is 0 Å². The fourth-order valence-electron chi connectivity index (χ4n) is 2.62. The first kappa shape index (κ1) is 14.4. The number of rotatable bonds is 4. The molecule has 1 aliphatic carbocycles. The van der Waals surface area contributed by atoms with E-state index in [0.717, 1.165) is 12.0 Å². The van der Waals surface area contributed by atoms with E-state index in [-0.39, 0.29) is 4.90 Å². The molecule has 6 heteroatoms. The van der Waals surface area contributed by atoms with Crippen LogP contribution in [0, 0.1) is 5.92 Å². The number of sulfone groups is 1. The molecule has 0 bridgehead atoms. The van der Waals surface area contributed by atoms with E-state index in [1.807, 2.05) is 7.05 Å². The van der Waals surface area contributed by atoms with Crippen LogP contribution < -0.4 is 5.32 Å². The number of benzene rings is 1. The number of hydrogen-bond donors (Lipinski definition) is 1. The molecule has 1 aliphatic rings. The number of nitrogens with one attached hydrogen (secondary N) is 1. The zero-order valence-electron chi connectivity index (χ0n) is 10.8. The Hall–Kier alpha value is -1.01. The van der Waals surface area contributed by atoms with Gasteiger partial charge in [-0.2, -0.15) is 8.78 Å². The maximum Gasteiger partial charge on any atom is 0.341 e. The maximum atomic E-state index is 12.4. The largest absolute Gasteiger partial charge is 0.341 e. The third-order valence-corrected chi connectivity index (χ3v) is 5.42. The van der Waals surface area contributed by atoms with Crippen LogP contribution >= 0.6 is 0 Å². The van der Waals surface area contributed by atoms with Gasteiger partial charge in [0.1, 0.15) is 0 Å². The standard InChI is InChI=1S/C13H17F2NO2S/c1-8-11(7-12(8)16-2)9-3-5-10(6-4-9)19(17,18)13(14)15/h3-6,8,11-13,16H,7H2,1-2H3. The summed E-state index contributed by atoms with van der Waals surface area (Å²) in [5.74, 6) is -2.54. The molecule has 1 aromatic rings. The number of halogens is 2. The van der Waals surface area contributed by atoms with Crippen LogP contribution in [0.3, 0.4) is 0 Å². The lowest BCUT2D eigenvalue weighted by atomic mass is 9.67. The Labute approximate surface area is 111 Å². The summed E-state index contributed by atoms with van der Waals surface area (Å²) in [5, 5.41) is 3.21. The van der Waals surface area contributed by atoms with Gasteiger partial charge in [-0.1, -0.05) is 19.1 Å². The third kappa shape index (κ3) is 2.51. The lowest BCUT2D eigenvalue weighted by molar-refractivity contribution is 0.194. The first-order valence-corrected chi connectivity index (χ1v) is 7.72. The average Bonchev–Trinajstić information content (AvgIpc) is 2.38. The van der Waals surface area contributed by atoms with Crippen LogP contribution in [0.15, 0.2) is 29.2 Å². The second-order valence-electron chi connectivity index (χ2n) is 4.97. The molecule has 0 heterocycles. The molecule has 1 fully saturated rings. The minimum Gasteiger partial charge on any atom is -0.317 e. The quantitative estimate of drug-likeness (QED) is 0.926. The summed E-state index contributed by atoms with van der Waals surface area (Å²) in [6, 6.07) is 6.30. The molecule has 3 nitrogen and oxygen atoms in total. The second-order valence-corrected chi connectivity index (χ2v) is 6.89. The number of hydrogen-bond acceptors (Lipinski definition) is 3. The monoisotopic (exact) mass is 289 g/mol. The van der Waals surface area contributed by atoms with E-state index in [1.165, 1.54) is 12.1 Å². The molecule has 1 N–H and O–H groups in total. The fraction of sp³-hybridized carbons (Fsp3) is 0.538. The van der Waals surface area contributed by atoms with Gasteiger partial charge in [-0.15, -0.1) is 0 Å². The zero-order chi connectivity index (χ0) is 14.2. The first-order chi connectivity index (χ1) is 8.87. The summed E-state index contributed by atoms with van der Waals surface area (Å²) in [6.45, 7) is 2.12. The van der Waals surface area contributed by atoms with E-state index in [2.05, 4.69) is 12.2 Å². The molecule has 0 spiro atoms. The molecule has 0 radical (unpaired) electrons. The van der Waals surface area contributed by atoms with Crippen LogP contribution in [0.1, 0.15) is 24.8 Å². The number of alkyl halides is 2. The highest BCUT2D eigenvalue weighted by Gasteiger charge is 2.37. The van der Waals surface area contributed by atoms with Crippen molar-refractivity contribution < 1.29 is 17.2 Å². The molecule has 3 atom stereocenters. The lowest BCUT2D eigenvalue weighted by Gasteiger charge is -2.43. The highest BCUT2D eigenvalue weighted by molar-refractivity contribution is 7.91. The van der Waals surface area contributed by atoms with Gasteiger partial charge in [-0.05, 0) is 43.0 Å². The van der Waals surface area contributed by atoms with Crippen LogP contribution in [0.5, 0.6) is 0 Å². The summed E-state index contributed by atoms with van der Waals surface area (Å²) < 4.78 is 47.4. The first-order valence-electron chi connectivity index (χ1n) is 6.17. The molecule has 0 amide bonds. The van der Waals surface area contributed by atoms with Crippen molar-refractivity contribution in [1.82, 2.24) is 5.32 Å². The Bertz CT molecular complexity index is 542. The third-order valence-electron chi connectivity index (χ3n) is 4.02. The normalized spacial score (nSPS) is 27.3. The second kappa shape index (κ2) is 5.17. The zero-order valence-corrected chi connectivity index (χ0v) is 11.6. The van der Waals surface area contributed by atoms with Crippen molar-refractivity contribution in [2.45, 2.75) is 36.0 Å². The van der Waals surface area contributed by atoms with Gasteiger partial charge in [0.15, 0.2) is 0 Å². The molecule has 1 aromatic carbocycles. The molecule has 106 valence electrons.